The van der Waals surface area contributed by atoms with Crippen LogP contribution in [0.1, 0.15) is 5.56 Å². The van der Waals surface area contributed by atoms with E-state index in [1.807, 2.05) is 37.3 Å². The van der Waals surface area contributed by atoms with Gasteiger partial charge in [0.15, 0.2) is 0 Å². The molecule has 0 aliphatic rings. The van der Waals surface area contributed by atoms with Crippen molar-refractivity contribution in [2.24, 2.45) is 0 Å². The minimum Gasteiger partial charge on any atom is -0.398 e. The average Bonchev–Trinajstić information content (AvgIpc) is 2.23. The third-order valence-corrected chi connectivity index (χ3v) is 3.23. The van der Waals surface area contributed by atoms with Crippen molar-refractivity contribution in [3.63, 3.8) is 0 Å². The van der Waals surface area contributed by atoms with Crippen LogP contribution in [0.5, 0.6) is 0 Å². The van der Waals surface area contributed by atoms with Crippen molar-refractivity contribution in [2.45, 2.75) is 6.92 Å². The van der Waals surface area contributed by atoms with E-state index >= 15 is 0 Å². The molecule has 0 bridgehead atoms. The lowest BCUT2D eigenvalue weighted by molar-refractivity contribution is 1.45. The predicted octanol–water partition coefficient (Wildman–Crippen LogP) is 4.01. The molecule has 0 radical (unpaired) electrons. The summed E-state index contributed by atoms with van der Waals surface area (Å²) in [5.41, 5.74) is 10.2. The Kier molecular flexibility index (Phi) is 2.78. The number of rotatable bonds is 1. The molecule has 0 fully saturated rings. The van der Waals surface area contributed by atoms with Crippen molar-refractivity contribution in [3.8, 4) is 11.1 Å². The number of nitrogens with two attached hydrogens (primary N) is 1. The molecule has 2 aromatic rings. The highest BCUT2D eigenvalue weighted by Gasteiger charge is 2.06. The highest BCUT2D eigenvalue weighted by molar-refractivity contribution is 9.10. The summed E-state index contributed by atoms with van der Waals surface area (Å²) in [6, 6.07) is 14.2. The molecule has 0 saturated carbocycles. The SMILES string of the molecule is Cc1c(N)cccc1-c1ccccc1Br. The molecule has 0 amide bonds. The number of nitrogen functional groups attached to an aromatic ring is 1. The van der Waals surface area contributed by atoms with Gasteiger partial charge < -0.3 is 5.73 Å². The van der Waals surface area contributed by atoms with Gasteiger partial charge in [0.05, 0.1) is 0 Å². The van der Waals surface area contributed by atoms with Crippen LogP contribution >= 0.6 is 15.9 Å². The lowest BCUT2D eigenvalue weighted by Crippen LogP contribution is -1.92. The Hall–Kier alpha value is -1.28. The predicted molar refractivity (Wildman–Crippen MR) is 68.7 cm³/mol. The highest BCUT2D eigenvalue weighted by atomic mass is 79.9. The van der Waals surface area contributed by atoms with Gasteiger partial charge in [-0.25, -0.2) is 0 Å². The molecule has 0 aliphatic heterocycles. The molecule has 76 valence electrons. The first kappa shape index (κ1) is 10.2. The maximum Gasteiger partial charge on any atom is 0.0349 e. The summed E-state index contributed by atoms with van der Waals surface area (Å²) in [6.45, 7) is 2.05. The maximum atomic E-state index is 5.89. The summed E-state index contributed by atoms with van der Waals surface area (Å²) in [5, 5.41) is 0. The van der Waals surface area contributed by atoms with Crippen LogP contribution in [0.2, 0.25) is 0 Å². The van der Waals surface area contributed by atoms with E-state index < -0.39 is 0 Å². The molecule has 0 aliphatic carbocycles. The zero-order chi connectivity index (χ0) is 10.8. The van der Waals surface area contributed by atoms with Crippen molar-refractivity contribution in [1.82, 2.24) is 0 Å². The number of benzene rings is 2. The quantitative estimate of drug-likeness (QED) is 0.772. The molecular weight excluding hydrogens is 250 g/mol. The first-order valence-electron chi connectivity index (χ1n) is 4.80. The smallest absolute Gasteiger partial charge is 0.0349 e. The topological polar surface area (TPSA) is 26.0 Å². The van der Waals surface area contributed by atoms with Crippen LogP contribution in [-0.2, 0) is 0 Å². The van der Waals surface area contributed by atoms with Crippen LogP contribution in [0.3, 0.4) is 0 Å². The molecule has 0 aromatic heterocycles. The van der Waals surface area contributed by atoms with E-state index in [0.717, 1.165) is 15.7 Å². The Morgan fingerprint density at radius 1 is 0.933 bits per heavy atom. The molecule has 0 spiro atoms. The van der Waals surface area contributed by atoms with Crippen LogP contribution < -0.4 is 5.73 Å². The molecule has 2 N–H and O–H groups in total. The molecule has 2 aromatic carbocycles. The van der Waals surface area contributed by atoms with Crippen molar-refractivity contribution in [1.29, 1.82) is 0 Å². The van der Waals surface area contributed by atoms with Crippen molar-refractivity contribution in [3.05, 3.63) is 52.5 Å². The van der Waals surface area contributed by atoms with Gasteiger partial charge in [-0.3, -0.25) is 0 Å². The van der Waals surface area contributed by atoms with Gasteiger partial charge >= 0.3 is 0 Å². The highest BCUT2D eigenvalue weighted by Crippen LogP contribution is 2.32. The molecule has 2 rings (SSSR count). The molecule has 15 heavy (non-hydrogen) atoms. The molecule has 0 saturated heterocycles. The first-order chi connectivity index (χ1) is 7.20. The van der Waals surface area contributed by atoms with Gasteiger partial charge in [-0.2, -0.15) is 0 Å². The maximum absolute atomic E-state index is 5.89. The van der Waals surface area contributed by atoms with E-state index in [0.29, 0.717) is 0 Å². The fourth-order valence-corrected chi connectivity index (χ4v) is 2.12. The lowest BCUT2D eigenvalue weighted by Gasteiger charge is -2.09. The lowest BCUT2D eigenvalue weighted by atomic mass is 9.99. The van der Waals surface area contributed by atoms with Crippen LogP contribution in [-0.4, -0.2) is 0 Å². The van der Waals surface area contributed by atoms with Crippen LogP contribution in [0.25, 0.3) is 11.1 Å². The van der Waals surface area contributed by atoms with E-state index in [-0.39, 0.29) is 0 Å². The number of hydrogen-bond donors (Lipinski definition) is 1. The Morgan fingerprint density at radius 3 is 2.33 bits per heavy atom. The third-order valence-electron chi connectivity index (χ3n) is 2.54. The second-order valence-electron chi connectivity index (χ2n) is 3.50. The average molecular weight is 262 g/mol. The summed E-state index contributed by atoms with van der Waals surface area (Å²) in [4.78, 5) is 0. The second-order valence-corrected chi connectivity index (χ2v) is 4.35. The molecular formula is C13H12BrN. The minimum absolute atomic E-state index is 0.836. The third kappa shape index (κ3) is 1.90. The van der Waals surface area contributed by atoms with Gasteiger partial charge in [0.25, 0.3) is 0 Å². The molecule has 0 atom stereocenters. The molecule has 1 nitrogen and oxygen atoms in total. The minimum atomic E-state index is 0.836. The van der Waals surface area contributed by atoms with E-state index in [2.05, 4.69) is 28.1 Å². The fourth-order valence-electron chi connectivity index (χ4n) is 1.62. The largest absolute Gasteiger partial charge is 0.398 e. The Balaban J connectivity index is 2.65. The Bertz CT molecular complexity index is 492. The zero-order valence-electron chi connectivity index (χ0n) is 8.50. The monoisotopic (exact) mass is 261 g/mol. The van der Waals surface area contributed by atoms with Crippen LogP contribution in [0.15, 0.2) is 46.9 Å². The number of hydrogen-bond acceptors (Lipinski definition) is 1. The van der Waals surface area contributed by atoms with E-state index in [9.17, 15) is 0 Å². The normalized spacial score (nSPS) is 10.3. The zero-order valence-corrected chi connectivity index (χ0v) is 10.1. The van der Waals surface area contributed by atoms with Gasteiger partial charge in [-0.05, 0) is 35.7 Å². The van der Waals surface area contributed by atoms with Gasteiger partial charge in [-0.15, -0.1) is 0 Å². The summed E-state index contributed by atoms with van der Waals surface area (Å²) in [5.74, 6) is 0. The van der Waals surface area contributed by atoms with Crippen molar-refractivity contribution in [2.75, 3.05) is 5.73 Å². The summed E-state index contributed by atoms with van der Waals surface area (Å²) in [6.07, 6.45) is 0. The van der Waals surface area contributed by atoms with E-state index in [4.69, 9.17) is 5.73 Å². The van der Waals surface area contributed by atoms with Crippen molar-refractivity contribution < 1.29 is 0 Å². The Morgan fingerprint density at radius 2 is 1.60 bits per heavy atom. The van der Waals surface area contributed by atoms with Crippen LogP contribution in [0, 0.1) is 6.92 Å². The molecule has 0 unspecified atom stereocenters. The summed E-state index contributed by atoms with van der Waals surface area (Å²) >= 11 is 3.55. The van der Waals surface area contributed by atoms with Gasteiger partial charge in [0, 0.05) is 10.2 Å². The van der Waals surface area contributed by atoms with Crippen LogP contribution in [0.4, 0.5) is 5.69 Å². The van der Waals surface area contributed by atoms with Gasteiger partial charge in [0.2, 0.25) is 0 Å². The van der Waals surface area contributed by atoms with E-state index in [1.165, 1.54) is 11.1 Å². The fraction of sp³-hybridized carbons (Fsp3) is 0.0769. The second kappa shape index (κ2) is 4.07. The van der Waals surface area contributed by atoms with Gasteiger partial charge in [0.1, 0.15) is 0 Å². The summed E-state index contributed by atoms with van der Waals surface area (Å²) in [7, 11) is 0. The number of halogens is 1. The van der Waals surface area contributed by atoms with Gasteiger partial charge in [-0.1, -0.05) is 46.3 Å². The molecule has 2 heteroatoms. The summed E-state index contributed by atoms with van der Waals surface area (Å²) < 4.78 is 1.10. The first-order valence-corrected chi connectivity index (χ1v) is 5.59. The Labute approximate surface area is 98.1 Å². The number of anilines is 1. The molecule has 0 heterocycles. The standard InChI is InChI=1S/C13H12BrN/c1-9-10(6-4-8-13(9)15)11-5-2-3-7-12(11)14/h2-8H,15H2,1H3. The van der Waals surface area contributed by atoms with E-state index in [1.54, 1.807) is 0 Å². The van der Waals surface area contributed by atoms with Crippen molar-refractivity contribution >= 4 is 21.6 Å².